The fourth-order valence-corrected chi connectivity index (χ4v) is 1.32. The lowest BCUT2D eigenvalue weighted by molar-refractivity contribution is 0.132. The molecule has 78 valence electrons. The van der Waals surface area contributed by atoms with Crippen molar-refractivity contribution >= 4 is 16.9 Å². The molecule has 0 aromatic heterocycles. The maximum Gasteiger partial charge on any atom is 0.183 e. The molecule has 0 unspecified atom stereocenters. The van der Waals surface area contributed by atoms with Crippen molar-refractivity contribution in [2.75, 3.05) is 26.0 Å². The number of nitrogens with zero attached hydrogens (tertiary/aromatic N) is 2. The predicted octanol–water partition coefficient (Wildman–Crippen LogP) is 1.20. The van der Waals surface area contributed by atoms with Crippen LogP contribution < -0.4 is 5.32 Å². The first-order valence-electron chi connectivity index (χ1n) is 4.68. The van der Waals surface area contributed by atoms with E-state index in [1.807, 2.05) is 12.4 Å². The first-order chi connectivity index (χ1) is 6.86. The number of hydrogen-bond acceptors (Lipinski definition) is 4. The molecule has 1 fully saturated rings. The lowest BCUT2D eigenvalue weighted by atomic mass is 10.5. The lowest BCUT2D eigenvalue weighted by Gasteiger charge is -2.01. The average molecular weight is 213 g/mol. The van der Waals surface area contributed by atoms with Gasteiger partial charge in [-0.3, -0.25) is 10.3 Å². The number of nitriles is 1. The number of aliphatic imine (C=N–C) groups is 1. The Balaban J connectivity index is 2.01. The Hall–Kier alpha value is -0.730. The number of nitrogens with one attached hydrogen (secondary N) is 1. The summed E-state index contributed by atoms with van der Waals surface area (Å²) in [5, 5.41) is 11.5. The lowest BCUT2D eigenvalue weighted by Crippen LogP contribution is -2.14. The molecule has 1 rings (SSSR count). The van der Waals surface area contributed by atoms with Crippen molar-refractivity contribution in [2.45, 2.75) is 12.8 Å². The second kappa shape index (κ2) is 6.68. The summed E-state index contributed by atoms with van der Waals surface area (Å²) >= 11 is 1.43. The van der Waals surface area contributed by atoms with Gasteiger partial charge in [0.1, 0.15) is 0 Å². The predicted molar refractivity (Wildman–Crippen MR) is 58.1 cm³/mol. The molecule has 1 saturated carbocycles. The largest absolute Gasteiger partial charge is 0.379 e. The number of amidine groups is 1. The maximum atomic E-state index is 8.37. The third-order valence-electron chi connectivity index (χ3n) is 1.90. The molecule has 0 saturated heterocycles. The normalized spacial score (nSPS) is 16.4. The zero-order valence-corrected chi connectivity index (χ0v) is 9.14. The molecule has 4 nitrogen and oxygen atoms in total. The second-order valence-corrected chi connectivity index (χ2v) is 3.94. The van der Waals surface area contributed by atoms with Gasteiger partial charge in [0.25, 0.3) is 0 Å². The molecule has 1 N–H and O–H groups in total. The van der Waals surface area contributed by atoms with Crippen LogP contribution in [0.2, 0.25) is 0 Å². The quantitative estimate of drug-likeness (QED) is 0.245. The van der Waals surface area contributed by atoms with Crippen LogP contribution in [0, 0.1) is 17.4 Å². The minimum absolute atomic E-state index is 0.623. The minimum atomic E-state index is 0.623. The number of thioether (sulfide) groups is 1. The van der Waals surface area contributed by atoms with Crippen molar-refractivity contribution in [1.29, 1.82) is 5.26 Å². The summed E-state index contributed by atoms with van der Waals surface area (Å²) in [5.74, 6) is 0.802. The molecule has 0 heterocycles. The Morgan fingerprint density at radius 3 is 3.07 bits per heavy atom. The van der Waals surface area contributed by atoms with Gasteiger partial charge in [0.15, 0.2) is 11.4 Å². The van der Waals surface area contributed by atoms with Crippen molar-refractivity contribution in [2.24, 2.45) is 10.9 Å². The van der Waals surface area contributed by atoms with Crippen LogP contribution >= 0.6 is 11.8 Å². The van der Waals surface area contributed by atoms with E-state index in [9.17, 15) is 0 Å². The van der Waals surface area contributed by atoms with Crippen LogP contribution in [-0.4, -0.2) is 31.2 Å². The molecule has 5 heteroatoms. The number of rotatable bonds is 5. The van der Waals surface area contributed by atoms with Gasteiger partial charge in [-0.25, -0.2) is 0 Å². The van der Waals surface area contributed by atoms with Gasteiger partial charge < -0.3 is 4.74 Å². The Kier molecular flexibility index (Phi) is 5.42. The second-order valence-electron chi connectivity index (χ2n) is 3.15. The van der Waals surface area contributed by atoms with E-state index in [-0.39, 0.29) is 0 Å². The summed E-state index contributed by atoms with van der Waals surface area (Å²) < 4.78 is 5.40. The van der Waals surface area contributed by atoms with Crippen LogP contribution in [0.25, 0.3) is 0 Å². The third kappa shape index (κ3) is 5.10. The zero-order valence-electron chi connectivity index (χ0n) is 8.32. The molecule has 0 aromatic rings. The van der Waals surface area contributed by atoms with E-state index < -0.39 is 0 Å². The molecular weight excluding hydrogens is 198 g/mol. The molecule has 0 amide bonds. The van der Waals surface area contributed by atoms with Gasteiger partial charge in [-0.15, -0.1) is 0 Å². The molecular formula is C9H15N3OS. The smallest absolute Gasteiger partial charge is 0.183 e. The van der Waals surface area contributed by atoms with Gasteiger partial charge in [0, 0.05) is 6.61 Å². The van der Waals surface area contributed by atoms with Crippen molar-refractivity contribution in [1.82, 2.24) is 5.32 Å². The number of ether oxygens (including phenoxy) is 1. The molecule has 0 atom stereocenters. The average Bonchev–Trinajstić information content (AvgIpc) is 2.99. The zero-order chi connectivity index (χ0) is 10.2. The Bertz CT molecular complexity index is 233. The highest BCUT2D eigenvalue weighted by Crippen LogP contribution is 2.28. The summed E-state index contributed by atoms with van der Waals surface area (Å²) in [6.07, 6.45) is 6.36. The highest BCUT2D eigenvalue weighted by Gasteiger charge is 2.20. The van der Waals surface area contributed by atoms with E-state index in [1.165, 1.54) is 24.6 Å². The van der Waals surface area contributed by atoms with Crippen LogP contribution in [0.15, 0.2) is 4.99 Å². The molecule has 0 aliphatic heterocycles. The molecule has 14 heavy (non-hydrogen) atoms. The van der Waals surface area contributed by atoms with Gasteiger partial charge >= 0.3 is 0 Å². The van der Waals surface area contributed by atoms with Crippen molar-refractivity contribution in [3.05, 3.63) is 0 Å². The van der Waals surface area contributed by atoms with E-state index in [1.54, 1.807) is 0 Å². The summed E-state index contributed by atoms with van der Waals surface area (Å²) in [6, 6.07) is 0. The van der Waals surface area contributed by atoms with E-state index >= 15 is 0 Å². The Morgan fingerprint density at radius 1 is 1.71 bits per heavy atom. The molecule has 0 aromatic carbocycles. The van der Waals surface area contributed by atoms with Crippen molar-refractivity contribution < 1.29 is 4.74 Å². The van der Waals surface area contributed by atoms with Crippen LogP contribution in [0.5, 0.6) is 0 Å². The van der Waals surface area contributed by atoms with Crippen LogP contribution in [0.1, 0.15) is 12.8 Å². The first-order valence-corrected chi connectivity index (χ1v) is 5.90. The van der Waals surface area contributed by atoms with Crippen LogP contribution in [0.4, 0.5) is 0 Å². The maximum absolute atomic E-state index is 8.37. The van der Waals surface area contributed by atoms with Crippen LogP contribution in [-0.2, 0) is 4.74 Å². The fourth-order valence-electron chi connectivity index (χ4n) is 0.949. The monoisotopic (exact) mass is 213 g/mol. The fraction of sp³-hybridized carbons (Fsp3) is 0.778. The molecule has 0 spiro atoms. The van der Waals surface area contributed by atoms with Gasteiger partial charge in [0.05, 0.1) is 13.2 Å². The molecule has 0 bridgehead atoms. The van der Waals surface area contributed by atoms with Crippen molar-refractivity contribution in [3.8, 4) is 6.19 Å². The topological polar surface area (TPSA) is 57.4 Å². The Labute approximate surface area is 88.7 Å². The van der Waals surface area contributed by atoms with Gasteiger partial charge in [0.2, 0.25) is 0 Å². The first kappa shape index (κ1) is 11.3. The third-order valence-corrected chi connectivity index (χ3v) is 2.52. The minimum Gasteiger partial charge on any atom is -0.379 e. The van der Waals surface area contributed by atoms with Gasteiger partial charge in [-0.1, -0.05) is 11.8 Å². The highest BCUT2D eigenvalue weighted by molar-refractivity contribution is 8.13. The van der Waals surface area contributed by atoms with E-state index in [0.29, 0.717) is 18.3 Å². The number of hydrogen-bond donors (Lipinski definition) is 1. The Morgan fingerprint density at radius 2 is 2.50 bits per heavy atom. The van der Waals surface area contributed by atoms with E-state index in [4.69, 9.17) is 10.00 Å². The summed E-state index contributed by atoms with van der Waals surface area (Å²) in [5.41, 5.74) is 0. The summed E-state index contributed by atoms with van der Waals surface area (Å²) in [7, 11) is 0. The summed E-state index contributed by atoms with van der Waals surface area (Å²) in [4.78, 5) is 4.17. The standard InChI is InChI=1S/C9H15N3OS/c1-14-9(12-7-10)11-4-5-13-6-8-2-3-8/h8H,2-6H2,1H3,(H,11,12). The summed E-state index contributed by atoms with van der Waals surface area (Å²) in [6.45, 7) is 2.14. The molecule has 1 aliphatic rings. The highest BCUT2D eigenvalue weighted by atomic mass is 32.2. The van der Waals surface area contributed by atoms with Crippen molar-refractivity contribution in [3.63, 3.8) is 0 Å². The van der Waals surface area contributed by atoms with Gasteiger partial charge in [-0.2, -0.15) is 5.26 Å². The molecule has 1 aliphatic carbocycles. The SMILES string of the molecule is CSC(=NCCOCC1CC1)NC#N. The van der Waals surface area contributed by atoms with Crippen LogP contribution in [0.3, 0.4) is 0 Å². The van der Waals surface area contributed by atoms with E-state index in [0.717, 1.165) is 12.5 Å². The van der Waals surface area contributed by atoms with Gasteiger partial charge in [-0.05, 0) is 25.0 Å². The van der Waals surface area contributed by atoms with E-state index in [2.05, 4.69) is 10.3 Å². The molecule has 0 radical (unpaired) electrons.